The number of hydrogen-bond donors (Lipinski definition) is 2. The molecule has 32 heavy (non-hydrogen) atoms. The largest absolute Gasteiger partial charge is 0.493 e. The van der Waals surface area contributed by atoms with Crippen molar-refractivity contribution in [1.29, 1.82) is 0 Å². The fraction of sp³-hybridized carbons (Fsp3) is 0.455. The lowest BCUT2D eigenvalue weighted by atomic mass is 10.1. The van der Waals surface area contributed by atoms with Crippen molar-refractivity contribution in [2.24, 2.45) is 5.73 Å². The number of hydrogen-bond acceptors (Lipinski definition) is 8. The summed E-state index contributed by atoms with van der Waals surface area (Å²) in [6.45, 7) is 5.28. The van der Waals surface area contributed by atoms with Gasteiger partial charge in [0.1, 0.15) is 5.75 Å². The predicted molar refractivity (Wildman–Crippen MR) is 123 cm³/mol. The van der Waals surface area contributed by atoms with Crippen molar-refractivity contribution in [2.75, 3.05) is 49.0 Å². The average molecular weight is 443 g/mol. The summed E-state index contributed by atoms with van der Waals surface area (Å²) in [4.78, 5) is 36.4. The maximum absolute atomic E-state index is 12.0. The normalized spacial score (nSPS) is 14.0. The molecule has 10 heteroatoms. The summed E-state index contributed by atoms with van der Waals surface area (Å²) < 4.78 is 11.0. The summed E-state index contributed by atoms with van der Waals surface area (Å²) >= 11 is 0. The molecule has 1 aliphatic rings. The fourth-order valence-electron chi connectivity index (χ4n) is 3.62. The number of aryl methyl sites for hydroxylation is 1. The van der Waals surface area contributed by atoms with Gasteiger partial charge in [-0.15, -0.1) is 0 Å². The summed E-state index contributed by atoms with van der Waals surface area (Å²) in [5, 5.41) is 3.19. The topological polar surface area (TPSA) is 123 Å². The van der Waals surface area contributed by atoms with E-state index in [1.807, 2.05) is 32.8 Å². The van der Waals surface area contributed by atoms with E-state index in [-0.39, 0.29) is 6.04 Å². The molecule has 0 unspecified atom stereocenters. The zero-order valence-electron chi connectivity index (χ0n) is 18.9. The summed E-state index contributed by atoms with van der Waals surface area (Å²) in [7, 11) is 3.76. The number of nitrogens with two attached hydrogens (primary N) is 1. The van der Waals surface area contributed by atoms with E-state index < -0.39 is 5.91 Å². The highest BCUT2D eigenvalue weighted by Gasteiger charge is 2.26. The van der Waals surface area contributed by atoms with Gasteiger partial charge in [-0.1, -0.05) is 0 Å². The highest BCUT2D eigenvalue weighted by Crippen LogP contribution is 2.32. The van der Waals surface area contributed by atoms with Gasteiger partial charge in [0, 0.05) is 45.1 Å². The lowest BCUT2D eigenvalue weighted by Gasteiger charge is -2.32. The molecule has 3 N–H and O–H groups in total. The zero-order valence-corrected chi connectivity index (χ0v) is 18.9. The number of benzene rings is 1. The number of nitrogens with zero attached hydrogens (tertiary/aromatic N) is 4. The molecule has 1 saturated heterocycles. The monoisotopic (exact) mass is 442 g/mol. The molecular formula is C22H30N6O4. The van der Waals surface area contributed by atoms with Crippen molar-refractivity contribution < 1.29 is 19.1 Å². The molecule has 10 nitrogen and oxygen atoms in total. The molecule has 0 saturated carbocycles. The Bertz CT molecular complexity index is 975. The van der Waals surface area contributed by atoms with Gasteiger partial charge in [-0.3, -0.25) is 14.5 Å². The number of primary amides is 1. The Morgan fingerprint density at radius 2 is 2.06 bits per heavy atom. The number of amides is 2. The molecule has 0 spiro atoms. The van der Waals surface area contributed by atoms with Crippen LogP contribution < -0.4 is 25.6 Å². The highest BCUT2D eigenvalue weighted by atomic mass is 16.5. The summed E-state index contributed by atoms with van der Waals surface area (Å²) in [6, 6.07) is 3.38. The van der Waals surface area contributed by atoms with E-state index in [1.54, 1.807) is 23.2 Å². The van der Waals surface area contributed by atoms with Crippen LogP contribution in [0, 0.1) is 6.92 Å². The number of nitrogens with one attached hydrogen (secondary N) is 1. The van der Waals surface area contributed by atoms with Gasteiger partial charge < -0.3 is 25.4 Å². The number of aromatic nitrogens is 2. The molecule has 0 radical (unpaired) electrons. The second-order valence-electron chi connectivity index (χ2n) is 7.74. The number of anilines is 4. The molecule has 2 heterocycles. The van der Waals surface area contributed by atoms with E-state index in [0.717, 1.165) is 30.5 Å². The molecule has 2 amide bonds. The molecule has 172 valence electrons. The molecule has 3 rings (SSSR count). The van der Waals surface area contributed by atoms with Gasteiger partial charge in [0.05, 0.1) is 24.1 Å². The number of carbonyl (C=O) groups excluding carboxylic acids is 2. The van der Waals surface area contributed by atoms with E-state index in [0.29, 0.717) is 48.6 Å². The summed E-state index contributed by atoms with van der Waals surface area (Å²) in [5.41, 5.74) is 7.97. The van der Waals surface area contributed by atoms with Crippen molar-refractivity contribution in [3.05, 3.63) is 29.5 Å². The Labute approximate surface area is 187 Å². The van der Waals surface area contributed by atoms with Crippen LogP contribution in [-0.4, -0.2) is 62.2 Å². The summed E-state index contributed by atoms with van der Waals surface area (Å²) in [6.07, 6.45) is 3.97. The Morgan fingerprint density at radius 1 is 1.34 bits per heavy atom. The third-order valence-electron chi connectivity index (χ3n) is 5.31. The number of carbonyl (C=O) groups is 2. The first-order valence-electron chi connectivity index (χ1n) is 10.6. The number of rotatable bonds is 9. The van der Waals surface area contributed by atoms with E-state index in [9.17, 15) is 9.59 Å². The van der Waals surface area contributed by atoms with Crippen LogP contribution in [0.2, 0.25) is 0 Å². The maximum Gasteiger partial charge on any atom is 0.252 e. The van der Waals surface area contributed by atoms with Crippen molar-refractivity contribution >= 4 is 35.5 Å². The lowest BCUT2D eigenvalue weighted by Crippen LogP contribution is -2.40. The quantitative estimate of drug-likeness (QED) is 0.567. The maximum atomic E-state index is 12.0. The third-order valence-corrected chi connectivity index (χ3v) is 5.31. The van der Waals surface area contributed by atoms with Crippen LogP contribution in [0.3, 0.4) is 0 Å². The smallest absolute Gasteiger partial charge is 0.252 e. The minimum atomic E-state index is -0.560. The first-order valence-corrected chi connectivity index (χ1v) is 10.6. The molecule has 0 atom stereocenters. The first-order chi connectivity index (χ1) is 15.3. The molecule has 1 aliphatic heterocycles. The minimum Gasteiger partial charge on any atom is -0.493 e. The van der Waals surface area contributed by atoms with Crippen molar-refractivity contribution in [1.82, 2.24) is 9.97 Å². The second-order valence-corrected chi connectivity index (χ2v) is 7.74. The number of ether oxygens (including phenoxy) is 2. The van der Waals surface area contributed by atoms with Crippen LogP contribution in [0.15, 0.2) is 18.3 Å². The van der Waals surface area contributed by atoms with Crippen LogP contribution in [-0.2, 0) is 9.53 Å². The average Bonchev–Trinajstić information content (AvgIpc) is 2.77. The van der Waals surface area contributed by atoms with E-state index in [1.165, 1.54) is 0 Å². The molecule has 1 fully saturated rings. The molecule has 1 aromatic heterocycles. The van der Waals surface area contributed by atoms with E-state index in [2.05, 4.69) is 15.3 Å². The Kier molecular flexibility index (Phi) is 7.47. The van der Waals surface area contributed by atoms with Crippen molar-refractivity contribution in [2.45, 2.75) is 32.7 Å². The Morgan fingerprint density at radius 3 is 2.66 bits per heavy atom. The minimum absolute atomic E-state index is 0.00356. The van der Waals surface area contributed by atoms with Gasteiger partial charge >= 0.3 is 0 Å². The second kappa shape index (κ2) is 10.3. The van der Waals surface area contributed by atoms with Crippen LogP contribution in [0.5, 0.6) is 5.75 Å². The predicted octanol–water partition coefficient (Wildman–Crippen LogP) is 2.23. The van der Waals surface area contributed by atoms with Gasteiger partial charge in [-0.2, -0.15) is 4.98 Å². The molecular weight excluding hydrogens is 412 g/mol. The van der Waals surface area contributed by atoms with Gasteiger partial charge in [0.15, 0.2) is 5.82 Å². The Hall–Kier alpha value is -3.40. The van der Waals surface area contributed by atoms with Crippen LogP contribution >= 0.6 is 0 Å². The Balaban J connectivity index is 1.99. The highest BCUT2D eigenvalue weighted by molar-refractivity contribution is 5.96. The molecule has 2 aromatic rings. The van der Waals surface area contributed by atoms with Gasteiger partial charge in [-0.25, -0.2) is 4.98 Å². The third kappa shape index (κ3) is 5.08. The van der Waals surface area contributed by atoms with Gasteiger partial charge in [0.2, 0.25) is 12.4 Å². The molecule has 0 aliphatic carbocycles. The van der Waals surface area contributed by atoms with Crippen molar-refractivity contribution in [3.8, 4) is 5.75 Å². The lowest BCUT2D eigenvalue weighted by molar-refractivity contribution is -0.108. The van der Waals surface area contributed by atoms with Crippen LogP contribution in [0.25, 0.3) is 0 Å². The van der Waals surface area contributed by atoms with E-state index in [4.69, 9.17) is 15.2 Å². The van der Waals surface area contributed by atoms with Crippen LogP contribution in [0.4, 0.5) is 23.1 Å². The van der Waals surface area contributed by atoms with Crippen LogP contribution in [0.1, 0.15) is 35.7 Å². The zero-order chi connectivity index (χ0) is 23.3. The first kappa shape index (κ1) is 23.3. The van der Waals surface area contributed by atoms with Crippen molar-refractivity contribution in [3.63, 3.8) is 0 Å². The van der Waals surface area contributed by atoms with Gasteiger partial charge in [0.25, 0.3) is 5.91 Å². The van der Waals surface area contributed by atoms with Gasteiger partial charge in [-0.05, 0) is 38.3 Å². The summed E-state index contributed by atoms with van der Waals surface area (Å²) in [5.74, 6) is 0.665. The SMILES string of the molecule is CCOc1cc(Nc2ncc(N(C)C)c(N(C=O)C3CCOCC3)n2)c(C)cc1C(N)=O. The molecule has 0 bridgehead atoms. The molecule has 1 aromatic carbocycles. The fourth-order valence-corrected chi connectivity index (χ4v) is 3.62. The standard InChI is InChI=1S/C22H30N6O4/c1-5-32-19-11-17(14(2)10-16(19)20(23)30)25-22-24-12-18(27(3)4)21(26-22)28(13-29)15-6-8-31-9-7-15/h10-13,15H,5-9H2,1-4H3,(H2,23,30)(H,24,25,26). The van der Waals surface area contributed by atoms with E-state index >= 15 is 0 Å².